The summed E-state index contributed by atoms with van der Waals surface area (Å²) in [5.41, 5.74) is 11.2. The summed E-state index contributed by atoms with van der Waals surface area (Å²) in [6.07, 6.45) is 6.34. The average Bonchev–Trinajstić information content (AvgIpc) is 2.55. The van der Waals surface area contributed by atoms with Gasteiger partial charge >= 0.3 is 5.97 Å². The lowest BCUT2D eigenvalue weighted by Crippen LogP contribution is -2.41. The average molecular weight is 440 g/mol. The van der Waals surface area contributed by atoms with Gasteiger partial charge in [0.15, 0.2) is 0 Å². The van der Waals surface area contributed by atoms with Crippen LogP contribution in [0.3, 0.4) is 0 Å². The zero-order chi connectivity index (χ0) is 17.1. The third kappa shape index (κ3) is 8.83. The minimum absolute atomic E-state index is 0.0118. The second kappa shape index (κ2) is 12.0. The van der Waals surface area contributed by atoms with Gasteiger partial charge in [0, 0.05) is 35.5 Å². The molecule has 0 unspecified atom stereocenters. The Morgan fingerprint density at radius 1 is 1.22 bits per heavy atom. The van der Waals surface area contributed by atoms with E-state index >= 15 is 0 Å². The van der Waals surface area contributed by atoms with Crippen molar-refractivity contribution in [3.8, 4) is 0 Å². The standard InChI is InChI=1S/C15H29IN4O3/c16-20-11-4-6-12(7-5-11)23-14(21)8-10-19-15(22)13(18)3-1-2-9-17/h11-13,20H,1-10,17-18H2,(H,19,22)/t11?,12?,13-/m0/s1. The topological polar surface area (TPSA) is 119 Å². The highest BCUT2D eigenvalue weighted by atomic mass is 127. The maximum Gasteiger partial charge on any atom is 0.307 e. The summed E-state index contributed by atoms with van der Waals surface area (Å²) >= 11 is 2.16. The lowest BCUT2D eigenvalue weighted by Gasteiger charge is -2.27. The molecule has 0 aromatic carbocycles. The molecule has 1 aliphatic carbocycles. The van der Waals surface area contributed by atoms with Gasteiger partial charge in [-0.05, 0) is 45.1 Å². The van der Waals surface area contributed by atoms with E-state index in [1.165, 1.54) is 0 Å². The van der Waals surface area contributed by atoms with Crippen molar-refractivity contribution < 1.29 is 14.3 Å². The summed E-state index contributed by atoms with van der Waals surface area (Å²) in [6.45, 7) is 0.878. The van der Waals surface area contributed by atoms with Gasteiger partial charge in [-0.25, -0.2) is 0 Å². The van der Waals surface area contributed by atoms with E-state index in [1.807, 2.05) is 0 Å². The summed E-state index contributed by atoms with van der Waals surface area (Å²) in [7, 11) is 0. The maximum absolute atomic E-state index is 11.8. The Bertz CT molecular complexity index is 363. The predicted molar refractivity (Wildman–Crippen MR) is 97.8 cm³/mol. The number of nitrogens with two attached hydrogens (primary N) is 2. The molecular formula is C15H29IN4O3. The van der Waals surface area contributed by atoms with E-state index in [-0.39, 0.29) is 30.9 Å². The van der Waals surface area contributed by atoms with E-state index < -0.39 is 6.04 Å². The minimum Gasteiger partial charge on any atom is -0.462 e. The molecule has 7 nitrogen and oxygen atoms in total. The molecule has 1 atom stereocenters. The van der Waals surface area contributed by atoms with Crippen LogP contribution in [0.5, 0.6) is 0 Å². The van der Waals surface area contributed by atoms with Crippen LogP contribution in [-0.4, -0.2) is 43.2 Å². The number of carbonyl (C=O) groups excluding carboxylic acids is 2. The summed E-state index contributed by atoms with van der Waals surface area (Å²) in [4.78, 5) is 23.5. The van der Waals surface area contributed by atoms with Crippen LogP contribution in [0.4, 0.5) is 0 Å². The fourth-order valence-electron chi connectivity index (χ4n) is 2.59. The third-order valence-electron chi connectivity index (χ3n) is 4.06. The van der Waals surface area contributed by atoms with Crippen molar-refractivity contribution in [3.05, 3.63) is 0 Å². The molecule has 0 radical (unpaired) electrons. The molecule has 1 aliphatic rings. The van der Waals surface area contributed by atoms with Crippen LogP contribution in [0.25, 0.3) is 0 Å². The first-order chi connectivity index (χ1) is 11.1. The molecule has 1 fully saturated rings. The quantitative estimate of drug-likeness (QED) is 0.172. The molecule has 1 rings (SSSR count). The van der Waals surface area contributed by atoms with E-state index in [2.05, 4.69) is 31.7 Å². The van der Waals surface area contributed by atoms with E-state index in [0.717, 1.165) is 38.5 Å². The molecule has 1 amide bonds. The van der Waals surface area contributed by atoms with Crippen molar-refractivity contribution in [1.82, 2.24) is 8.85 Å². The normalized spacial score (nSPS) is 22.4. The lowest BCUT2D eigenvalue weighted by molar-refractivity contribution is -0.150. The van der Waals surface area contributed by atoms with Crippen LogP contribution < -0.4 is 20.3 Å². The molecule has 6 N–H and O–H groups in total. The van der Waals surface area contributed by atoms with Crippen LogP contribution in [0, 0.1) is 0 Å². The number of hydrogen-bond donors (Lipinski definition) is 4. The van der Waals surface area contributed by atoms with Crippen LogP contribution in [0.1, 0.15) is 51.4 Å². The molecule has 0 aromatic rings. The molecule has 8 heteroatoms. The number of unbranched alkanes of at least 4 members (excludes halogenated alkanes) is 1. The zero-order valence-corrected chi connectivity index (χ0v) is 15.7. The first kappa shape index (κ1) is 20.6. The summed E-state index contributed by atoms with van der Waals surface area (Å²) in [5.74, 6) is -0.476. The van der Waals surface area contributed by atoms with Crippen LogP contribution >= 0.6 is 22.9 Å². The van der Waals surface area contributed by atoms with Crippen LogP contribution in [0.15, 0.2) is 0 Å². The highest BCUT2D eigenvalue weighted by molar-refractivity contribution is 14.1. The number of rotatable bonds is 10. The van der Waals surface area contributed by atoms with Crippen molar-refractivity contribution in [2.45, 2.75) is 69.6 Å². The predicted octanol–water partition coefficient (Wildman–Crippen LogP) is 0.743. The van der Waals surface area contributed by atoms with Crippen LogP contribution in [-0.2, 0) is 14.3 Å². The Hall–Kier alpha value is -0.450. The Morgan fingerprint density at radius 2 is 1.91 bits per heavy atom. The van der Waals surface area contributed by atoms with Crippen LogP contribution in [0.2, 0.25) is 0 Å². The minimum atomic E-state index is -0.534. The number of esters is 1. The molecule has 0 saturated heterocycles. The molecule has 0 aromatic heterocycles. The fourth-order valence-corrected chi connectivity index (χ4v) is 3.22. The molecule has 1 saturated carbocycles. The van der Waals surface area contributed by atoms with E-state index in [0.29, 0.717) is 19.0 Å². The third-order valence-corrected chi connectivity index (χ3v) is 4.94. The van der Waals surface area contributed by atoms with Gasteiger partial charge < -0.3 is 21.5 Å². The van der Waals surface area contributed by atoms with Gasteiger partial charge in [-0.1, -0.05) is 6.42 Å². The van der Waals surface area contributed by atoms with Gasteiger partial charge in [0.1, 0.15) is 6.10 Å². The monoisotopic (exact) mass is 440 g/mol. The van der Waals surface area contributed by atoms with Gasteiger partial charge in [-0.15, -0.1) is 0 Å². The summed E-state index contributed by atoms with van der Waals surface area (Å²) in [6, 6.07) is -0.0146. The van der Waals surface area contributed by atoms with Gasteiger partial charge in [0.05, 0.1) is 12.5 Å². The first-order valence-electron chi connectivity index (χ1n) is 8.35. The maximum atomic E-state index is 11.8. The Labute approximate surface area is 152 Å². The van der Waals surface area contributed by atoms with Crippen molar-refractivity contribution in [2.24, 2.45) is 11.5 Å². The number of carbonyl (C=O) groups is 2. The van der Waals surface area contributed by atoms with Gasteiger partial charge in [-0.3, -0.25) is 13.1 Å². The zero-order valence-electron chi connectivity index (χ0n) is 13.6. The summed E-state index contributed by atoms with van der Waals surface area (Å²) < 4.78 is 8.66. The molecule has 0 heterocycles. The number of amides is 1. The first-order valence-corrected chi connectivity index (χ1v) is 9.43. The SMILES string of the molecule is NCCCC[C@H](N)C(=O)NCCC(=O)OC1CCC(NI)CC1. The molecule has 0 spiro atoms. The van der Waals surface area contributed by atoms with Crippen molar-refractivity contribution in [1.29, 1.82) is 0 Å². The highest BCUT2D eigenvalue weighted by Gasteiger charge is 2.23. The van der Waals surface area contributed by atoms with Crippen molar-refractivity contribution >= 4 is 34.7 Å². The molecular weight excluding hydrogens is 411 g/mol. The van der Waals surface area contributed by atoms with E-state index in [9.17, 15) is 9.59 Å². The molecule has 23 heavy (non-hydrogen) atoms. The fraction of sp³-hybridized carbons (Fsp3) is 0.867. The number of nitrogens with one attached hydrogen (secondary N) is 2. The number of hydrogen-bond acceptors (Lipinski definition) is 6. The molecule has 0 bridgehead atoms. The number of halogens is 1. The Kier molecular flexibility index (Phi) is 10.7. The van der Waals surface area contributed by atoms with E-state index in [4.69, 9.17) is 16.2 Å². The second-order valence-corrected chi connectivity index (χ2v) is 6.63. The highest BCUT2D eigenvalue weighted by Crippen LogP contribution is 2.22. The van der Waals surface area contributed by atoms with E-state index in [1.54, 1.807) is 0 Å². The lowest BCUT2D eigenvalue weighted by atomic mass is 9.94. The van der Waals surface area contributed by atoms with Gasteiger partial charge in [0.2, 0.25) is 5.91 Å². The molecule has 0 aliphatic heterocycles. The second-order valence-electron chi connectivity index (χ2n) is 6.00. The largest absolute Gasteiger partial charge is 0.462 e. The smallest absolute Gasteiger partial charge is 0.307 e. The van der Waals surface area contributed by atoms with Crippen molar-refractivity contribution in [3.63, 3.8) is 0 Å². The van der Waals surface area contributed by atoms with Gasteiger partial charge in [0.25, 0.3) is 0 Å². The Balaban J connectivity index is 2.10. The molecule has 134 valence electrons. The number of ether oxygens (including phenoxy) is 1. The summed E-state index contributed by atoms with van der Waals surface area (Å²) in [5, 5.41) is 2.69. The Morgan fingerprint density at radius 3 is 2.52 bits per heavy atom. The van der Waals surface area contributed by atoms with Crippen molar-refractivity contribution in [2.75, 3.05) is 13.1 Å². The van der Waals surface area contributed by atoms with Gasteiger partial charge in [-0.2, -0.15) is 0 Å².